The van der Waals surface area contributed by atoms with Crippen LogP contribution in [0.4, 0.5) is 0 Å². The van der Waals surface area contributed by atoms with Crippen LogP contribution in [0.3, 0.4) is 0 Å². The zero-order valence-electron chi connectivity index (χ0n) is 26.6. The molecule has 2 aromatic heterocycles. The number of hydrogen-bond acceptors (Lipinski definition) is 5. The molecule has 0 atom stereocenters. The Bertz CT molecular complexity index is 1950. The van der Waals surface area contributed by atoms with E-state index in [1.165, 1.54) is 0 Å². The van der Waals surface area contributed by atoms with Crippen molar-refractivity contribution in [3.05, 3.63) is 140 Å². The fourth-order valence-corrected chi connectivity index (χ4v) is 5.94. The molecule has 236 valence electrons. The Kier molecular flexibility index (Phi) is 9.79. The average molecular weight is 625 g/mol. The molecule has 0 spiro atoms. The van der Waals surface area contributed by atoms with E-state index in [2.05, 4.69) is 128 Å². The van der Waals surface area contributed by atoms with E-state index in [-0.39, 0.29) is 0 Å². The van der Waals surface area contributed by atoms with Crippen molar-refractivity contribution in [1.29, 1.82) is 0 Å². The van der Waals surface area contributed by atoms with Gasteiger partial charge in [-0.2, -0.15) is 0 Å². The minimum absolute atomic E-state index is 0.451. The van der Waals surface area contributed by atoms with Crippen molar-refractivity contribution in [2.45, 2.75) is 52.7 Å². The average Bonchev–Trinajstić information content (AvgIpc) is 3.67. The first-order chi connectivity index (χ1) is 23.1. The molecule has 0 radical (unpaired) electrons. The number of nitrogens with zero attached hydrogens (tertiary/aromatic N) is 10. The highest BCUT2D eigenvalue weighted by Gasteiger charge is 2.14. The Morgan fingerprint density at radius 2 is 1.00 bits per heavy atom. The smallest absolute Gasteiger partial charge is 0.114 e. The van der Waals surface area contributed by atoms with Gasteiger partial charge in [0.15, 0.2) is 0 Å². The van der Waals surface area contributed by atoms with Gasteiger partial charge in [0.25, 0.3) is 0 Å². The number of fused-ring (bicyclic) bond motifs is 2. The quantitative estimate of drug-likeness (QED) is 0.0678. The van der Waals surface area contributed by atoms with Crippen LogP contribution in [0, 0.1) is 0 Å². The molecule has 47 heavy (non-hydrogen) atoms. The normalized spacial score (nSPS) is 11.1. The van der Waals surface area contributed by atoms with Gasteiger partial charge in [-0.3, -0.25) is 9.13 Å². The molecule has 0 aliphatic rings. The van der Waals surface area contributed by atoms with Crippen molar-refractivity contribution in [3.63, 3.8) is 0 Å². The number of azide groups is 2. The summed E-state index contributed by atoms with van der Waals surface area (Å²) in [4.78, 5) is 15.6. The van der Waals surface area contributed by atoms with Crippen molar-refractivity contribution in [3.8, 4) is 11.4 Å². The maximum absolute atomic E-state index is 8.53. The molecule has 6 rings (SSSR count). The number of imidazole rings is 2. The lowest BCUT2D eigenvalue weighted by Crippen LogP contribution is -2.01. The molecule has 0 unspecified atom stereocenters. The van der Waals surface area contributed by atoms with Crippen molar-refractivity contribution >= 4 is 22.1 Å². The molecule has 4 aromatic carbocycles. The minimum atomic E-state index is 0.451. The SMILES string of the molecule is CCc1nc2cc(COCc3ccc4c(c3)nc(CC)n4-c3ccc(CCN=[N+]=[N-])cc3)ccc2n1-c1ccc(CCN=[N+]=[N-])cc1. The fraction of sp³-hybridized carbons (Fsp3) is 0.278. The Balaban J connectivity index is 1.14. The third-order valence-corrected chi connectivity index (χ3v) is 8.26. The predicted octanol–water partition coefficient (Wildman–Crippen LogP) is 8.91. The van der Waals surface area contributed by atoms with Crippen LogP contribution in [-0.4, -0.2) is 32.2 Å². The number of benzene rings is 4. The molecular formula is C36H36N10O. The van der Waals surface area contributed by atoms with Gasteiger partial charge >= 0.3 is 0 Å². The van der Waals surface area contributed by atoms with Crippen molar-refractivity contribution < 1.29 is 4.74 Å². The van der Waals surface area contributed by atoms with Gasteiger partial charge in [-0.25, -0.2) is 9.97 Å². The lowest BCUT2D eigenvalue weighted by molar-refractivity contribution is 0.107. The maximum Gasteiger partial charge on any atom is 0.114 e. The molecule has 11 nitrogen and oxygen atoms in total. The van der Waals surface area contributed by atoms with Crippen LogP contribution in [0.1, 0.15) is 47.8 Å². The van der Waals surface area contributed by atoms with Crippen LogP contribution >= 0.6 is 0 Å². The first-order valence-electron chi connectivity index (χ1n) is 15.9. The van der Waals surface area contributed by atoms with Gasteiger partial charge < -0.3 is 4.74 Å². The summed E-state index contributed by atoms with van der Waals surface area (Å²) in [7, 11) is 0. The molecule has 0 aliphatic heterocycles. The van der Waals surface area contributed by atoms with Gasteiger partial charge in [0, 0.05) is 47.1 Å². The van der Waals surface area contributed by atoms with E-state index < -0.39 is 0 Å². The largest absolute Gasteiger partial charge is 0.372 e. The molecule has 11 heteroatoms. The fourth-order valence-electron chi connectivity index (χ4n) is 5.94. The first kappa shape index (κ1) is 31.4. The number of ether oxygens (including phenoxy) is 1. The second-order valence-corrected chi connectivity index (χ2v) is 11.3. The lowest BCUT2D eigenvalue weighted by Gasteiger charge is -2.10. The van der Waals surface area contributed by atoms with Gasteiger partial charge in [0.05, 0.1) is 35.3 Å². The third kappa shape index (κ3) is 6.98. The molecule has 0 bridgehead atoms. The van der Waals surface area contributed by atoms with Gasteiger partial charge in [0.2, 0.25) is 0 Å². The second kappa shape index (κ2) is 14.7. The molecule has 0 amide bonds. The van der Waals surface area contributed by atoms with Crippen LogP contribution in [0.5, 0.6) is 0 Å². The summed E-state index contributed by atoms with van der Waals surface area (Å²) in [6.07, 6.45) is 3.05. The van der Waals surface area contributed by atoms with Gasteiger partial charge in [-0.1, -0.05) is 60.5 Å². The standard InChI is InChI=1S/C36H36N10O/c1-3-35-41-31-21-27(9-15-33(31)45(35)29-11-5-25(6-12-29)17-19-39-43-37)23-47-24-28-10-16-34-32(22-28)42-36(4-2)46(34)30-13-7-26(8-14-30)18-20-40-44-38/h5-16,21-22H,3-4,17-20,23-24H2,1-2H3. The van der Waals surface area contributed by atoms with Gasteiger partial charge in [-0.15, -0.1) is 0 Å². The Hall–Kier alpha value is -5.60. The maximum atomic E-state index is 8.53. The van der Waals surface area contributed by atoms with Crippen molar-refractivity contribution in [2.24, 2.45) is 10.2 Å². The molecule has 0 N–H and O–H groups in total. The molecular weight excluding hydrogens is 588 g/mol. The Morgan fingerprint density at radius 1 is 0.596 bits per heavy atom. The predicted molar refractivity (Wildman–Crippen MR) is 185 cm³/mol. The summed E-state index contributed by atoms with van der Waals surface area (Å²) in [6.45, 7) is 6.09. The zero-order valence-corrected chi connectivity index (χ0v) is 26.6. The summed E-state index contributed by atoms with van der Waals surface area (Å²) < 4.78 is 10.6. The van der Waals surface area contributed by atoms with E-state index in [0.717, 1.165) is 80.2 Å². The van der Waals surface area contributed by atoms with Gasteiger partial charge in [-0.05, 0) is 94.7 Å². The summed E-state index contributed by atoms with van der Waals surface area (Å²) in [5, 5.41) is 7.27. The van der Waals surface area contributed by atoms with E-state index in [9.17, 15) is 0 Å². The molecule has 2 heterocycles. The molecule has 0 aliphatic carbocycles. The summed E-state index contributed by atoms with van der Waals surface area (Å²) in [5.41, 5.74) is 27.6. The van der Waals surface area contributed by atoms with E-state index in [1.54, 1.807) is 0 Å². The highest BCUT2D eigenvalue weighted by Crippen LogP contribution is 2.26. The summed E-state index contributed by atoms with van der Waals surface area (Å²) in [6, 6.07) is 29.4. The first-order valence-corrected chi connectivity index (χ1v) is 15.9. The topological polar surface area (TPSA) is 142 Å². The molecule has 6 aromatic rings. The van der Waals surface area contributed by atoms with Crippen LogP contribution in [0.15, 0.2) is 95.2 Å². The molecule has 0 saturated carbocycles. The van der Waals surface area contributed by atoms with E-state index in [1.807, 2.05) is 0 Å². The monoisotopic (exact) mass is 624 g/mol. The van der Waals surface area contributed by atoms with Crippen LogP contribution in [0.25, 0.3) is 54.3 Å². The van der Waals surface area contributed by atoms with E-state index in [4.69, 9.17) is 25.8 Å². The van der Waals surface area contributed by atoms with Crippen LogP contribution in [-0.2, 0) is 43.6 Å². The third-order valence-electron chi connectivity index (χ3n) is 8.26. The van der Waals surface area contributed by atoms with Crippen LogP contribution < -0.4 is 0 Å². The van der Waals surface area contributed by atoms with E-state index in [0.29, 0.717) is 39.1 Å². The summed E-state index contributed by atoms with van der Waals surface area (Å²) in [5.74, 6) is 2.00. The second-order valence-electron chi connectivity index (χ2n) is 11.3. The highest BCUT2D eigenvalue weighted by molar-refractivity contribution is 5.80. The van der Waals surface area contributed by atoms with Crippen molar-refractivity contribution in [2.75, 3.05) is 13.1 Å². The van der Waals surface area contributed by atoms with Crippen LogP contribution in [0.2, 0.25) is 0 Å². The molecule has 0 saturated heterocycles. The molecule has 0 fully saturated rings. The van der Waals surface area contributed by atoms with Gasteiger partial charge in [0.1, 0.15) is 11.6 Å². The lowest BCUT2D eigenvalue weighted by atomic mass is 10.1. The number of aryl methyl sites for hydroxylation is 2. The minimum Gasteiger partial charge on any atom is -0.372 e. The Morgan fingerprint density at radius 3 is 1.38 bits per heavy atom. The van der Waals surface area contributed by atoms with Crippen molar-refractivity contribution in [1.82, 2.24) is 19.1 Å². The number of hydrogen-bond donors (Lipinski definition) is 0. The number of aromatic nitrogens is 4. The Labute approximate surface area is 272 Å². The number of rotatable bonds is 14. The van der Waals surface area contributed by atoms with E-state index >= 15 is 0 Å². The highest BCUT2D eigenvalue weighted by atomic mass is 16.5. The zero-order chi connectivity index (χ0) is 32.6. The summed E-state index contributed by atoms with van der Waals surface area (Å²) >= 11 is 0.